The van der Waals surface area contributed by atoms with Gasteiger partial charge in [-0.15, -0.1) is 0 Å². The van der Waals surface area contributed by atoms with Gasteiger partial charge in [-0.25, -0.2) is 4.98 Å². The van der Waals surface area contributed by atoms with E-state index >= 15 is 0 Å². The Morgan fingerprint density at radius 1 is 1.38 bits per heavy atom. The van der Waals surface area contributed by atoms with Gasteiger partial charge in [0, 0.05) is 12.0 Å². The standard InChI is InChI=1S/C12H15ClN2O/c1-3-7(4-2)12-15-10-5-8(13)9(14)6-11(10)16-12/h5-7H,3-4,14H2,1-2H3. The van der Waals surface area contributed by atoms with Crippen LogP contribution in [0.3, 0.4) is 0 Å². The van der Waals surface area contributed by atoms with E-state index in [9.17, 15) is 0 Å². The number of aromatic nitrogens is 1. The molecule has 1 aromatic carbocycles. The SMILES string of the molecule is CCC(CC)c1nc2cc(Cl)c(N)cc2o1. The molecule has 1 heterocycles. The molecule has 86 valence electrons. The first-order valence-electron chi connectivity index (χ1n) is 5.51. The quantitative estimate of drug-likeness (QED) is 0.824. The number of oxazole rings is 1. The Kier molecular flexibility index (Phi) is 3.06. The van der Waals surface area contributed by atoms with Crippen molar-refractivity contribution >= 4 is 28.4 Å². The maximum atomic E-state index is 5.94. The molecule has 0 saturated heterocycles. The van der Waals surface area contributed by atoms with Crippen LogP contribution in [0.25, 0.3) is 11.1 Å². The molecule has 0 bridgehead atoms. The van der Waals surface area contributed by atoms with Crippen molar-refractivity contribution in [3.8, 4) is 0 Å². The first-order chi connectivity index (χ1) is 7.65. The number of halogens is 1. The Morgan fingerprint density at radius 3 is 2.69 bits per heavy atom. The zero-order valence-electron chi connectivity index (χ0n) is 9.46. The number of nitrogens with zero attached hydrogens (tertiary/aromatic N) is 1. The van der Waals surface area contributed by atoms with E-state index in [1.54, 1.807) is 12.1 Å². The maximum Gasteiger partial charge on any atom is 0.198 e. The number of hydrogen-bond acceptors (Lipinski definition) is 3. The highest BCUT2D eigenvalue weighted by Gasteiger charge is 2.15. The van der Waals surface area contributed by atoms with E-state index in [4.69, 9.17) is 21.8 Å². The number of nitrogen functional groups attached to an aromatic ring is 1. The van der Waals surface area contributed by atoms with Gasteiger partial charge in [0.25, 0.3) is 0 Å². The number of fused-ring (bicyclic) bond motifs is 1. The van der Waals surface area contributed by atoms with E-state index in [1.807, 2.05) is 0 Å². The number of rotatable bonds is 3. The average molecular weight is 239 g/mol. The van der Waals surface area contributed by atoms with E-state index in [-0.39, 0.29) is 0 Å². The molecule has 2 N–H and O–H groups in total. The Balaban J connectivity index is 2.51. The van der Waals surface area contributed by atoms with Gasteiger partial charge in [0.2, 0.25) is 0 Å². The van der Waals surface area contributed by atoms with Crippen LogP contribution in [0.1, 0.15) is 38.5 Å². The van der Waals surface area contributed by atoms with E-state index in [0.29, 0.717) is 22.2 Å². The third-order valence-electron chi connectivity index (χ3n) is 2.86. The molecular formula is C12H15ClN2O. The van der Waals surface area contributed by atoms with Crippen molar-refractivity contribution in [3.63, 3.8) is 0 Å². The van der Waals surface area contributed by atoms with Gasteiger partial charge in [-0.1, -0.05) is 25.4 Å². The van der Waals surface area contributed by atoms with Crippen molar-refractivity contribution in [2.75, 3.05) is 5.73 Å². The monoisotopic (exact) mass is 238 g/mol. The molecular weight excluding hydrogens is 224 g/mol. The highest BCUT2D eigenvalue weighted by atomic mass is 35.5. The van der Waals surface area contributed by atoms with Crippen LogP contribution in [0.4, 0.5) is 5.69 Å². The summed E-state index contributed by atoms with van der Waals surface area (Å²) in [6.07, 6.45) is 2.04. The summed E-state index contributed by atoms with van der Waals surface area (Å²) in [6, 6.07) is 3.48. The second-order valence-electron chi connectivity index (χ2n) is 3.91. The van der Waals surface area contributed by atoms with Crippen molar-refractivity contribution in [2.24, 2.45) is 0 Å². The smallest absolute Gasteiger partial charge is 0.198 e. The molecule has 0 spiro atoms. The zero-order chi connectivity index (χ0) is 11.7. The minimum Gasteiger partial charge on any atom is -0.440 e. The van der Waals surface area contributed by atoms with Crippen LogP contribution in [0.2, 0.25) is 5.02 Å². The molecule has 0 unspecified atom stereocenters. The summed E-state index contributed by atoms with van der Waals surface area (Å²) in [5.74, 6) is 1.15. The molecule has 3 nitrogen and oxygen atoms in total. The van der Waals surface area contributed by atoms with E-state index in [0.717, 1.165) is 24.2 Å². The fraction of sp³-hybridized carbons (Fsp3) is 0.417. The van der Waals surface area contributed by atoms with Crippen molar-refractivity contribution in [1.29, 1.82) is 0 Å². The van der Waals surface area contributed by atoms with Gasteiger partial charge in [-0.2, -0.15) is 0 Å². The molecule has 0 amide bonds. The molecule has 1 aromatic heterocycles. The van der Waals surface area contributed by atoms with E-state index in [2.05, 4.69) is 18.8 Å². The van der Waals surface area contributed by atoms with Crippen molar-refractivity contribution in [1.82, 2.24) is 4.98 Å². The van der Waals surface area contributed by atoms with Gasteiger partial charge in [0.1, 0.15) is 5.52 Å². The molecule has 2 rings (SSSR count). The van der Waals surface area contributed by atoms with Gasteiger partial charge in [-0.3, -0.25) is 0 Å². The maximum absolute atomic E-state index is 5.94. The molecule has 0 saturated carbocycles. The largest absolute Gasteiger partial charge is 0.440 e. The molecule has 0 aliphatic heterocycles. The molecule has 0 atom stereocenters. The normalized spacial score (nSPS) is 11.5. The summed E-state index contributed by atoms with van der Waals surface area (Å²) in [6.45, 7) is 4.26. The summed E-state index contributed by atoms with van der Waals surface area (Å²) >= 11 is 5.94. The lowest BCUT2D eigenvalue weighted by Crippen LogP contribution is -1.94. The number of anilines is 1. The molecule has 0 radical (unpaired) electrons. The fourth-order valence-corrected chi connectivity index (χ4v) is 1.95. The first kappa shape index (κ1) is 11.3. The van der Waals surface area contributed by atoms with Gasteiger partial charge < -0.3 is 10.2 Å². The first-order valence-corrected chi connectivity index (χ1v) is 5.89. The van der Waals surface area contributed by atoms with Gasteiger partial charge in [0.05, 0.1) is 10.7 Å². The Morgan fingerprint density at radius 2 is 2.06 bits per heavy atom. The van der Waals surface area contributed by atoms with Crippen LogP contribution in [0.15, 0.2) is 16.5 Å². The molecule has 16 heavy (non-hydrogen) atoms. The molecule has 0 aliphatic rings. The van der Waals surface area contributed by atoms with Crippen LogP contribution in [0.5, 0.6) is 0 Å². The van der Waals surface area contributed by atoms with Crippen LogP contribution in [-0.4, -0.2) is 4.98 Å². The third-order valence-corrected chi connectivity index (χ3v) is 3.19. The van der Waals surface area contributed by atoms with Crippen LogP contribution < -0.4 is 5.73 Å². The zero-order valence-corrected chi connectivity index (χ0v) is 10.2. The lowest BCUT2D eigenvalue weighted by Gasteiger charge is -2.05. The summed E-state index contributed by atoms with van der Waals surface area (Å²) in [5, 5.41) is 0.525. The third kappa shape index (κ3) is 1.87. The average Bonchev–Trinajstić information content (AvgIpc) is 2.63. The van der Waals surface area contributed by atoms with Gasteiger partial charge in [0.15, 0.2) is 11.5 Å². The summed E-state index contributed by atoms with van der Waals surface area (Å²) in [5.41, 5.74) is 7.74. The predicted octanol–water partition coefficient (Wildman–Crippen LogP) is 3.97. The Bertz CT molecular complexity index is 464. The molecule has 4 heteroatoms. The van der Waals surface area contributed by atoms with Crippen molar-refractivity contribution < 1.29 is 4.42 Å². The highest BCUT2D eigenvalue weighted by molar-refractivity contribution is 6.33. The minimum absolute atomic E-state index is 0.368. The molecule has 0 aliphatic carbocycles. The van der Waals surface area contributed by atoms with E-state index in [1.165, 1.54) is 0 Å². The van der Waals surface area contributed by atoms with Crippen LogP contribution in [-0.2, 0) is 0 Å². The fourth-order valence-electron chi connectivity index (χ4n) is 1.79. The topological polar surface area (TPSA) is 52.0 Å². The number of nitrogens with two attached hydrogens (primary N) is 1. The van der Waals surface area contributed by atoms with Crippen LogP contribution >= 0.6 is 11.6 Å². The summed E-state index contributed by atoms with van der Waals surface area (Å²) < 4.78 is 5.70. The molecule has 0 fully saturated rings. The van der Waals surface area contributed by atoms with E-state index < -0.39 is 0 Å². The second-order valence-corrected chi connectivity index (χ2v) is 4.31. The number of benzene rings is 1. The van der Waals surface area contributed by atoms with Crippen molar-refractivity contribution in [2.45, 2.75) is 32.6 Å². The Hall–Kier alpha value is -1.22. The Labute approximate surface area is 99.6 Å². The minimum atomic E-state index is 0.368. The van der Waals surface area contributed by atoms with Crippen molar-refractivity contribution in [3.05, 3.63) is 23.0 Å². The number of hydrogen-bond donors (Lipinski definition) is 1. The van der Waals surface area contributed by atoms with Gasteiger partial charge in [-0.05, 0) is 18.9 Å². The van der Waals surface area contributed by atoms with Gasteiger partial charge >= 0.3 is 0 Å². The second kappa shape index (κ2) is 4.34. The lowest BCUT2D eigenvalue weighted by atomic mass is 10.0. The highest BCUT2D eigenvalue weighted by Crippen LogP contribution is 2.30. The van der Waals surface area contributed by atoms with Crippen LogP contribution in [0, 0.1) is 0 Å². The lowest BCUT2D eigenvalue weighted by molar-refractivity contribution is 0.453. The predicted molar refractivity (Wildman–Crippen MR) is 66.8 cm³/mol. The summed E-state index contributed by atoms with van der Waals surface area (Å²) in [4.78, 5) is 4.45. The summed E-state index contributed by atoms with van der Waals surface area (Å²) in [7, 11) is 0. The molecule has 2 aromatic rings.